The predicted octanol–water partition coefficient (Wildman–Crippen LogP) is 0.772. The third-order valence-electron chi connectivity index (χ3n) is 2.52. The summed E-state index contributed by atoms with van der Waals surface area (Å²) in [4.78, 5) is 0. The van der Waals surface area contributed by atoms with E-state index >= 15 is 0 Å². The van der Waals surface area contributed by atoms with Crippen LogP contribution in [0.3, 0.4) is 0 Å². The van der Waals surface area contributed by atoms with E-state index in [1.54, 1.807) is 0 Å². The molecule has 1 heterocycles. The first-order valence-electron chi connectivity index (χ1n) is 5.01. The summed E-state index contributed by atoms with van der Waals surface area (Å²) in [6.07, 6.45) is 1.33. The fourth-order valence-corrected chi connectivity index (χ4v) is 1.93. The highest BCUT2D eigenvalue weighted by Gasteiger charge is 2.36. The van der Waals surface area contributed by atoms with E-state index in [1.165, 1.54) is 0 Å². The summed E-state index contributed by atoms with van der Waals surface area (Å²) in [7, 11) is 0. The Hall–Kier alpha value is -0.120. The molecule has 0 spiro atoms. The number of ether oxygens (including phenoxy) is 1. The molecule has 0 bridgehead atoms. The van der Waals surface area contributed by atoms with E-state index in [1.807, 2.05) is 0 Å². The molecular formula is C10H21NO2. The number of hydrogen-bond acceptors (Lipinski definition) is 3. The van der Waals surface area contributed by atoms with Crippen molar-refractivity contribution >= 4 is 0 Å². The molecule has 1 fully saturated rings. The predicted molar refractivity (Wildman–Crippen MR) is 52.7 cm³/mol. The van der Waals surface area contributed by atoms with E-state index < -0.39 is 0 Å². The van der Waals surface area contributed by atoms with Crippen molar-refractivity contribution < 1.29 is 9.84 Å². The summed E-state index contributed by atoms with van der Waals surface area (Å²) in [5, 5.41) is 12.1. The molecule has 78 valence electrons. The van der Waals surface area contributed by atoms with Crippen molar-refractivity contribution in [3.63, 3.8) is 0 Å². The van der Waals surface area contributed by atoms with Gasteiger partial charge >= 0.3 is 0 Å². The molecule has 0 aliphatic carbocycles. The molecule has 0 aromatic carbocycles. The Morgan fingerprint density at radius 3 is 2.69 bits per heavy atom. The van der Waals surface area contributed by atoms with E-state index in [2.05, 4.69) is 26.1 Å². The van der Waals surface area contributed by atoms with Crippen LogP contribution in [-0.4, -0.2) is 37.0 Å². The van der Waals surface area contributed by atoms with Gasteiger partial charge in [-0.05, 0) is 18.4 Å². The summed E-state index contributed by atoms with van der Waals surface area (Å²) in [6.45, 7) is 8.24. The summed E-state index contributed by atoms with van der Waals surface area (Å²) >= 11 is 0. The second-order valence-electron chi connectivity index (χ2n) is 4.72. The lowest BCUT2D eigenvalue weighted by atomic mass is 9.84. The van der Waals surface area contributed by atoms with Gasteiger partial charge in [0.2, 0.25) is 0 Å². The first-order valence-corrected chi connectivity index (χ1v) is 5.01. The molecule has 2 atom stereocenters. The van der Waals surface area contributed by atoms with Crippen molar-refractivity contribution in [3.8, 4) is 0 Å². The lowest BCUT2D eigenvalue weighted by molar-refractivity contribution is 0.00128. The van der Waals surface area contributed by atoms with Gasteiger partial charge in [-0.15, -0.1) is 0 Å². The average molecular weight is 187 g/mol. The average Bonchev–Trinajstić information content (AvgIpc) is 2.47. The van der Waals surface area contributed by atoms with Gasteiger partial charge in [0, 0.05) is 6.04 Å². The normalized spacial score (nSPS) is 29.5. The van der Waals surface area contributed by atoms with Gasteiger partial charge in [0.05, 0.1) is 19.3 Å². The lowest BCUT2D eigenvalue weighted by Gasteiger charge is -2.32. The quantitative estimate of drug-likeness (QED) is 0.686. The van der Waals surface area contributed by atoms with Gasteiger partial charge in [0.25, 0.3) is 0 Å². The molecule has 1 saturated heterocycles. The first kappa shape index (κ1) is 11.0. The van der Waals surface area contributed by atoms with Crippen LogP contribution in [0, 0.1) is 5.41 Å². The van der Waals surface area contributed by atoms with E-state index in [0.29, 0.717) is 12.6 Å². The molecule has 3 nitrogen and oxygen atoms in total. The van der Waals surface area contributed by atoms with Crippen LogP contribution >= 0.6 is 0 Å². The Labute approximate surface area is 80.5 Å². The van der Waals surface area contributed by atoms with Crippen LogP contribution in [-0.2, 0) is 4.74 Å². The zero-order valence-electron chi connectivity index (χ0n) is 8.84. The molecule has 0 amide bonds. The molecule has 0 aromatic heterocycles. The zero-order chi connectivity index (χ0) is 9.90. The minimum Gasteiger partial charge on any atom is -0.394 e. The third-order valence-corrected chi connectivity index (χ3v) is 2.52. The van der Waals surface area contributed by atoms with Crippen LogP contribution in [0.25, 0.3) is 0 Å². The van der Waals surface area contributed by atoms with Gasteiger partial charge in [-0.25, -0.2) is 0 Å². The van der Waals surface area contributed by atoms with Crippen LogP contribution in [0.5, 0.6) is 0 Å². The Morgan fingerprint density at radius 2 is 2.15 bits per heavy atom. The van der Waals surface area contributed by atoms with Crippen molar-refractivity contribution in [2.45, 2.75) is 39.3 Å². The number of nitrogens with one attached hydrogen (secondary N) is 1. The highest BCUT2D eigenvalue weighted by Crippen LogP contribution is 2.28. The summed E-state index contributed by atoms with van der Waals surface area (Å²) < 4.78 is 5.58. The fourth-order valence-electron chi connectivity index (χ4n) is 1.93. The molecule has 1 aliphatic heterocycles. The molecule has 3 heteroatoms. The van der Waals surface area contributed by atoms with Gasteiger partial charge in [-0.2, -0.15) is 0 Å². The maximum atomic E-state index is 8.67. The summed E-state index contributed by atoms with van der Waals surface area (Å²) in [5.74, 6) is 0. The molecule has 2 N–H and O–H groups in total. The van der Waals surface area contributed by atoms with Crippen molar-refractivity contribution in [2.24, 2.45) is 5.41 Å². The van der Waals surface area contributed by atoms with Crippen LogP contribution < -0.4 is 5.32 Å². The topological polar surface area (TPSA) is 41.5 Å². The van der Waals surface area contributed by atoms with Gasteiger partial charge in [-0.3, -0.25) is 0 Å². The number of aliphatic hydroxyl groups is 1. The molecule has 0 radical (unpaired) electrons. The zero-order valence-corrected chi connectivity index (χ0v) is 8.84. The Morgan fingerprint density at radius 1 is 1.46 bits per heavy atom. The molecule has 1 rings (SSSR count). The maximum Gasteiger partial charge on any atom is 0.0746 e. The molecule has 0 saturated carbocycles. The third kappa shape index (κ3) is 2.93. The van der Waals surface area contributed by atoms with Gasteiger partial charge in [0.1, 0.15) is 0 Å². The monoisotopic (exact) mass is 187 g/mol. The standard InChI is InChI=1S/C10H21NO2/c1-10(2,3)9-8(4-5-11-9)13-7-6-12/h8-9,11-12H,4-7H2,1-3H3/t8?,9-/m1/s1. The first-order chi connectivity index (χ1) is 6.05. The summed E-state index contributed by atoms with van der Waals surface area (Å²) in [6, 6.07) is 0.416. The second kappa shape index (κ2) is 4.40. The molecule has 1 aliphatic rings. The SMILES string of the molecule is CC(C)(C)[C@@H]1NCCC1OCCO. The number of hydrogen-bond donors (Lipinski definition) is 2. The van der Waals surface area contributed by atoms with Crippen molar-refractivity contribution in [3.05, 3.63) is 0 Å². The Bertz CT molecular complexity index is 153. The summed E-state index contributed by atoms with van der Waals surface area (Å²) in [5.41, 5.74) is 0.233. The van der Waals surface area contributed by atoms with Crippen LogP contribution in [0.2, 0.25) is 0 Å². The van der Waals surface area contributed by atoms with Gasteiger partial charge in [-0.1, -0.05) is 20.8 Å². The number of rotatable bonds is 3. The van der Waals surface area contributed by atoms with Crippen LogP contribution in [0.15, 0.2) is 0 Å². The Kier molecular flexibility index (Phi) is 3.71. The van der Waals surface area contributed by atoms with E-state index in [0.717, 1.165) is 13.0 Å². The van der Waals surface area contributed by atoms with E-state index in [-0.39, 0.29) is 18.1 Å². The highest BCUT2D eigenvalue weighted by atomic mass is 16.5. The van der Waals surface area contributed by atoms with Gasteiger partial charge < -0.3 is 15.2 Å². The molecule has 13 heavy (non-hydrogen) atoms. The minimum atomic E-state index is 0.118. The van der Waals surface area contributed by atoms with Crippen molar-refractivity contribution in [1.82, 2.24) is 5.32 Å². The largest absolute Gasteiger partial charge is 0.394 e. The van der Waals surface area contributed by atoms with Gasteiger partial charge in [0.15, 0.2) is 0 Å². The smallest absolute Gasteiger partial charge is 0.0746 e. The number of aliphatic hydroxyl groups excluding tert-OH is 1. The maximum absolute atomic E-state index is 8.67. The van der Waals surface area contributed by atoms with E-state index in [9.17, 15) is 0 Å². The van der Waals surface area contributed by atoms with Crippen LogP contribution in [0.4, 0.5) is 0 Å². The Balaban J connectivity index is 2.44. The fraction of sp³-hybridized carbons (Fsp3) is 1.00. The van der Waals surface area contributed by atoms with Crippen molar-refractivity contribution in [1.29, 1.82) is 0 Å². The molecular weight excluding hydrogens is 166 g/mol. The second-order valence-corrected chi connectivity index (χ2v) is 4.72. The highest BCUT2D eigenvalue weighted by molar-refractivity contribution is 4.92. The van der Waals surface area contributed by atoms with Crippen molar-refractivity contribution in [2.75, 3.05) is 19.8 Å². The lowest BCUT2D eigenvalue weighted by Crippen LogP contribution is -2.43. The minimum absolute atomic E-state index is 0.118. The molecule has 1 unspecified atom stereocenters. The van der Waals surface area contributed by atoms with Crippen LogP contribution in [0.1, 0.15) is 27.2 Å². The molecule has 0 aromatic rings. The van der Waals surface area contributed by atoms with E-state index in [4.69, 9.17) is 9.84 Å².